The maximum absolute atomic E-state index is 11.3. The summed E-state index contributed by atoms with van der Waals surface area (Å²) in [7, 11) is 0. The van der Waals surface area contributed by atoms with Crippen molar-refractivity contribution in [2.75, 3.05) is 32.9 Å². The van der Waals surface area contributed by atoms with Crippen LogP contribution in [0.1, 0.15) is 86.8 Å². The van der Waals surface area contributed by atoms with Crippen LogP contribution in [0.15, 0.2) is 78.9 Å². The fourth-order valence-corrected chi connectivity index (χ4v) is 5.53. The molecule has 0 fully saturated rings. The third kappa shape index (κ3) is 10.2. The van der Waals surface area contributed by atoms with Crippen molar-refractivity contribution >= 4 is 0 Å². The fourth-order valence-electron chi connectivity index (χ4n) is 5.53. The molecular formula is C36H49NO5. The third-order valence-corrected chi connectivity index (χ3v) is 7.94. The number of rotatable bonds is 18. The van der Waals surface area contributed by atoms with Crippen LogP contribution >= 0.6 is 0 Å². The molecule has 6 nitrogen and oxygen atoms in total. The van der Waals surface area contributed by atoms with Crippen LogP contribution in [0.4, 0.5) is 0 Å². The van der Waals surface area contributed by atoms with Crippen molar-refractivity contribution in [2.45, 2.75) is 83.3 Å². The molecule has 0 spiro atoms. The minimum atomic E-state index is -0.696. The van der Waals surface area contributed by atoms with E-state index < -0.39 is 11.9 Å². The van der Waals surface area contributed by atoms with Gasteiger partial charge in [0.25, 0.3) is 0 Å². The molecular weight excluding hydrogens is 526 g/mol. The van der Waals surface area contributed by atoms with Gasteiger partial charge in [-0.2, -0.15) is 0 Å². The lowest BCUT2D eigenvalue weighted by Crippen LogP contribution is -2.36. The molecule has 228 valence electrons. The Morgan fingerprint density at radius 3 is 2.26 bits per heavy atom. The number of benzene rings is 3. The predicted molar refractivity (Wildman–Crippen MR) is 167 cm³/mol. The summed E-state index contributed by atoms with van der Waals surface area (Å²) in [6.45, 7) is 7.10. The topological polar surface area (TPSA) is 71.4 Å². The van der Waals surface area contributed by atoms with Crippen molar-refractivity contribution in [3.8, 4) is 5.75 Å². The molecule has 3 aromatic carbocycles. The summed E-state index contributed by atoms with van der Waals surface area (Å²) in [4.78, 5) is 2.22. The molecule has 2 N–H and O–H groups in total. The minimum absolute atomic E-state index is 0.00417. The Hall–Kier alpha value is -2.74. The first-order valence-corrected chi connectivity index (χ1v) is 15.6. The monoisotopic (exact) mass is 575 g/mol. The van der Waals surface area contributed by atoms with Gasteiger partial charge < -0.3 is 24.4 Å². The number of nitrogens with zero attached hydrogens (tertiary/aromatic N) is 1. The number of unbranched alkanes of at least 4 members (excludes halogenated alkanes) is 4. The van der Waals surface area contributed by atoms with Crippen molar-refractivity contribution in [2.24, 2.45) is 0 Å². The van der Waals surface area contributed by atoms with Crippen LogP contribution in [0.5, 0.6) is 5.75 Å². The summed E-state index contributed by atoms with van der Waals surface area (Å²) >= 11 is 0. The zero-order chi connectivity index (χ0) is 29.6. The van der Waals surface area contributed by atoms with Crippen LogP contribution < -0.4 is 4.74 Å². The van der Waals surface area contributed by atoms with Gasteiger partial charge in [0.05, 0.1) is 25.4 Å². The summed E-state index contributed by atoms with van der Waals surface area (Å²) in [5.74, 6) is 0.149. The van der Waals surface area contributed by atoms with E-state index in [2.05, 4.69) is 35.2 Å². The molecule has 1 heterocycles. The Morgan fingerprint density at radius 2 is 1.52 bits per heavy atom. The van der Waals surface area contributed by atoms with Crippen LogP contribution in [0.2, 0.25) is 0 Å². The lowest BCUT2D eigenvalue weighted by atomic mass is 10.0. The zero-order valence-corrected chi connectivity index (χ0v) is 25.4. The molecule has 0 aliphatic carbocycles. The van der Waals surface area contributed by atoms with Crippen molar-refractivity contribution in [3.63, 3.8) is 0 Å². The first-order valence-electron chi connectivity index (χ1n) is 15.6. The predicted octanol–water partition coefficient (Wildman–Crippen LogP) is 7.00. The van der Waals surface area contributed by atoms with Crippen molar-refractivity contribution in [1.82, 2.24) is 4.90 Å². The molecule has 0 aromatic heterocycles. The normalized spacial score (nSPS) is 15.6. The van der Waals surface area contributed by atoms with Gasteiger partial charge >= 0.3 is 0 Å². The number of aryl methyl sites for hydroxylation is 1. The number of hydrogen-bond donors (Lipinski definition) is 2. The Morgan fingerprint density at radius 1 is 0.833 bits per heavy atom. The smallest absolute Gasteiger partial charge is 0.205 e. The van der Waals surface area contributed by atoms with Crippen LogP contribution in [0, 0.1) is 0 Å². The van der Waals surface area contributed by atoms with Gasteiger partial charge in [-0.25, -0.2) is 0 Å². The second kappa shape index (κ2) is 16.8. The fraction of sp³-hybridized carbons (Fsp3) is 0.500. The van der Waals surface area contributed by atoms with E-state index in [-0.39, 0.29) is 12.6 Å². The largest absolute Gasteiger partial charge is 0.463 e. The molecule has 1 aliphatic heterocycles. The summed E-state index contributed by atoms with van der Waals surface area (Å²) in [6.07, 6.45) is 6.91. The summed E-state index contributed by atoms with van der Waals surface area (Å²) in [5.41, 5.74) is 4.22. The lowest BCUT2D eigenvalue weighted by Gasteiger charge is -2.34. The van der Waals surface area contributed by atoms with E-state index in [1.807, 2.05) is 62.4 Å². The molecule has 3 aromatic rings. The van der Waals surface area contributed by atoms with Crippen LogP contribution in [-0.4, -0.2) is 53.8 Å². The van der Waals surface area contributed by atoms with Gasteiger partial charge in [0.2, 0.25) is 5.79 Å². The molecule has 0 saturated carbocycles. The van der Waals surface area contributed by atoms with E-state index in [1.54, 1.807) is 0 Å². The molecule has 0 saturated heterocycles. The summed E-state index contributed by atoms with van der Waals surface area (Å²) in [6, 6.07) is 26.4. The van der Waals surface area contributed by atoms with E-state index in [9.17, 15) is 10.2 Å². The summed E-state index contributed by atoms with van der Waals surface area (Å²) in [5, 5.41) is 21.7. The van der Waals surface area contributed by atoms with Crippen LogP contribution in [-0.2, 0) is 22.5 Å². The van der Waals surface area contributed by atoms with Crippen molar-refractivity contribution in [1.29, 1.82) is 0 Å². The molecule has 2 atom stereocenters. The average molecular weight is 576 g/mol. The maximum atomic E-state index is 11.3. The van der Waals surface area contributed by atoms with Crippen molar-refractivity contribution in [3.05, 3.63) is 101 Å². The number of aliphatic hydroxyl groups is 2. The molecule has 42 heavy (non-hydrogen) atoms. The van der Waals surface area contributed by atoms with E-state index in [0.29, 0.717) is 13.2 Å². The highest BCUT2D eigenvalue weighted by Crippen LogP contribution is 2.33. The van der Waals surface area contributed by atoms with E-state index in [1.165, 1.54) is 5.56 Å². The molecule has 0 unspecified atom stereocenters. The van der Waals surface area contributed by atoms with Crippen molar-refractivity contribution < 1.29 is 24.4 Å². The highest BCUT2D eigenvalue weighted by atomic mass is 16.7. The highest BCUT2D eigenvalue weighted by molar-refractivity contribution is 5.39. The second-order valence-electron chi connectivity index (χ2n) is 11.7. The number of hydrogen-bond acceptors (Lipinski definition) is 6. The number of fused-ring (bicyclic) bond motifs is 1. The molecule has 1 aliphatic rings. The van der Waals surface area contributed by atoms with Gasteiger partial charge in [-0.15, -0.1) is 0 Å². The van der Waals surface area contributed by atoms with E-state index in [4.69, 9.17) is 14.2 Å². The van der Waals surface area contributed by atoms with Gasteiger partial charge in [-0.3, -0.25) is 4.90 Å². The molecule has 0 bridgehead atoms. The lowest BCUT2D eigenvalue weighted by molar-refractivity contribution is -0.180. The van der Waals surface area contributed by atoms with Crippen LogP contribution in [0.3, 0.4) is 0 Å². The van der Waals surface area contributed by atoms with Gasteiger partial charge in [0.1, 0.15) is 5.75 Å². The SMILES string of the molecule is CC1(C)OCc2cc([C@@H](O)CN(CCCCCCOCCCCc3ccccc3)[C@@H](CO)c3ccccc3)ccc2O1. The van der Waals surface area contributed by atoms with Gasteiger partial charge in [-0.05, 0) is 67.5 Å². The molecule has 4 rings (SSSR count). The Bertz CT molecular complexity index is 1170. The highest BCUT2D eigenvalue weighted by Gasteiger charge is 2.28. The Labute approximate surface area is 252 Å². The zero-order valence-electron chi connectivity index (χ0n) is 25.4. The average Bonchev–Trinajstić information content (AvgIpc) is 3.00. The molecule has 0 amide bonds. The quantitative estimate of drug-likeness (QED) is 0.159. The number of ether oxygens (including phenoxy) is 3. The standard InChI is InChI=1S/C36H49NO5/c1-36(2)41-28-32-25-31(20-21-35(32)42-36)34(39)26-37(33(27-38)30-18-9-6-10-19-30)22-12-3-4-13-23-40-24-14-11-17-29-15-7-5-8-16-29/h5-10,15-16,18-21,25,33-34,38-39H,3-4,11-14,17,22-24,26-28H2,1-2H3/t33-,34-/m0/s1. The van der Waals surface area contributed by atoms with Gasteiger partial charge in [-0.1, -0.05) is 79.6 Å². The van der Waals surface area contributed by atoms with E-state index >= 15 is 0 Å². The second-order valence-corrected chi connectivity index (χ2v) is 11.7. The number of aliphatic hydroxyl groups excluding tert-OH is 2. The van der Waals surface area contributed by atoms with Gasteiger partial charge in [0.15, 0.2) is 0 Å². The molecule has 0 radical (unpaired) electrons. The Balaban J connectivity index is 1.22. The third-order valence-electron chi connectivity index (χ3n) is 7.94. The maximum Gasteiger partial charge on any atom is 0.205 e. The summed E-state index contributed by atoms with van der Waals surface area (Å²) < 4.78 is 17.6. The van der Waals surface area contributed by atoms with Gasteiger partial charge in [0, 0.05) is 39.2 Å². The first-order chi connectivity index (χ1) is 20.4. The minimum Gasteiger partial charge on any atom is -0.463 e. The van der Waals surface area contributed by atoms with E-state index in [0.717, 1.165) is 87.1 Å². The first kappa shape index (κ1) is 32.2. The van der Waals surface area contributed by atoms with Crippen LogP contribution in [0.25, 0.3) is 0 Å². The Kier molecular flexibility index (Phi) is 12.9. The molecule has 6 heteroatoms.